The topological polar surface area (TPSA) is 660 Å². The van der Waals surface area contributed by atoms with Crippen LogP contribution in [0.25, 0.3) is 17.1 Å². The fraction of sp³-hybridized carbons (Fsp3) is 0.581. The lowest BCUT2D eigenvalue weighted by Gasteiger charge is -2.35. The van der Waals surface area contributed by atoms with Crippen molar-refractivity contribution in [2.45, 2.75) is 192 Å². The molecule has 8 rings (SSSR count). The number of fused-ring (bicyclic) bond motifs is 1. The number of benzene rings is 3. The second-order valence-corrected chi connectivity index (χ2v) is 36.3. The number of carbonyl (C=O) groups is 17. The van der Waals surface area contributed by atoms with Gasteiger partial charge < -0.3 is 107 Å². The molecule has 0 saturated carbocycles. The number of nitrogens with one attached hydrogen (secondary N) is 8. The maximum atomic E-state index is 13.9. The molecule has 3 aromatic carbocycles. The molecule has 1 unspecified atom stereocenters. The van der Waals surface area contributed by atoms with Gasteiger partial charge in [-0.1, -0.05) is 43.3 Å². The summed E-state index contributed by atoms with van der Waals surface area (Å²) in [7, 11) is 0. The van der Waals surface area contributed by atoms with Crippen molar-refractivity contribution in [3.8, 4) is 28.6 Å². The number of amides is 10. The Kier molecular flexibility index (Phi) is 48.7. The third-order valence-corrected chi connectivity index (χ3v) is 24.5. The number of halogens is 1. The number of esters is 1. The van der Waals surface area contributed by atoms with Gasteiger partial charge >= 0.3 is 41.8 Å². The Morgan fingerprint density at radius 2 is 1.13 bits per heavy atom. The number of rotatable bonds is 61. The molecule has 2 aromatic heterocycles. The molecule has 16 N–H and O–H groups in total. The first-order chi connectivity index (χ1) is 68.4. The zero-order chi connectivity index (χ0) is 104. The van der Waals surface area contributed by atoms with Crippen molar-refractivity contribution in [3.05, 3.63) is 98.6 Å². The summed E-state index contributed by atoms with van der Waals surface area (Å²) in [6.45, 7) is 7.41. The summed E-state index contributed by atoms with van der Waals surface area (Å²) in [5, 5.41) is 118. The SMILES string of the molecule is CCNC(=O)c1nnc(-c2cc(C(C)C)c(O)cc2O)n1-c1ccc(CN2CCN(C(=O)CCNC(=O)[C@@H](CCC(=O)O)NC(=O)[C@@H](CCC(=O)O)NC(=O)[C@@H](CCC(=O)O)NC(=O)COCCOCCNC(=O)CCCCn3cc(CN(CCCNC(=O)CC[C@H](C(=O)O)N4CCN(CC(=O)O)CCN(CC(=O)O)CC5OC(=O)CN5CC4)C(=O)CCCNC(=O)CCCc4ccc(I)cc4)nn3)CC2)cc1. The molecule has 10 amide bonds. The number of aliphatic carboxylic acids is 6. The van der Waals surface area contributed by atoms with E-state index in [2.05, 4.69) is 90.5 Å². The number of carbonyl (C=O) groups excluding carboxylic acids is 11. The summed E-state index contributed by atoms with van der Waals surface area (Å²) in [4.78, 5) is 230. The van der Waals surface area contributed by atoms with Gasteiger partial charge in [0.2, 0.25) is 59.0 Å². The normalized spacial score (nSPS) is 15.4. The third kappa shape index (κ3) is 41.1. The molecule has 5 heterocycles. The van der Waals surface area contributed by atoms with Crippen LogP contribution in [0, 0.1) is 3.57 Å². The highest BCUT2D eigenvalue weighted by Gasteiger charge is 2.38. The first kappa shape index (κ1) is 115. The Labute approximate surface area is 839 Å². The van der Waals surface area contributed by atoms with Gasteiger partial charge in [0.15, 0.2) is 12.1 Å². The number of unbranched alkanes of at least 4 members (excludes halogenated alkanes) is 1. The van der Waals surface area contributed by atoms with E-state index in [9.17, 15) is 122 Å². The summed E-state index contributed by atoms with van der Waals surface area (Å²) in [5.41, 5.74) is 3.76. The molecule has 0 radical (unpaired) electrons. The van der Waals surface area contributed by atoms with Gasteiger partial charge in [-0.25, -0.2) is 0 Å². The van der Waals surface area contributed by atoms with E-state index in [1.807, 2.05) is 50.2 Å². The predicted molar refractivity (Wildman–Crippen MR) is 516 cm³/mol. The summed E-state index contributed by atoms with van der Waals surface area (Å²) < 4.78 is 20.7. The highest BCUT2D eigenvalue weighted by molar-refractivity contribution is 14.1. The Hall–Kier alpha value is -13.0. The minimum absolute atomic E-state index is 0.0130. The minimum Gasteiger partial charge on any atom is -0.508 e. The van der Waals surface area contributed by atoms with E-state index in [1.54, 1.807) is 65.4 Å². The molecule has 5 atom stereocenters. The molecule has 0 spiro atoms. The molecule has 49 nitrogen and oxygen atoms in total. The first-order valence-electron chi connectivity index (χ1n) is 47.8. The van der Waals surface area contributed by atoms with Crippen LogP contribution in [0.1, 0.15) is 169 Å². The maximum Gasteiger partial charge on any atom is 0.321 e. The number of hydrogen-bond donors (Lipinski definition) is 16. The van der Waals surface area contributed by atoms with Crippen LogP contribution < -0.4 is 42.5 Å². The predicted octanol–water partition coefficient (Wildman–Crippen LogP) is -0.105. The number of carboxylic acid groups (broad SMARTS) is 6. The molecule has 50 heteroatoms. The van der Waals surface area contributed by atoms with Crippen LogP contribution in [-0.2, 0) is 117 Å². The summed E-state index contributed by atoms with van der Waals surface area (Å²) in [5.74, 6) is -14.6. The Bertz CT molecular complexity index is 5120. The van der Waals surface area contributed by atoms with E-state index in [0.717, 1.165) is 21.1 Å². The van der Waals surface area contributed by atoms with E-state index in [1.165, 1.54) is 10.6 Å². The number of ether oxygens (including phenoxy) is 3. The van der Waals surface area contributed by atoms with Crippen LogP contribution in [0.15, 0.2) is 66.9 Å². The average Bonchev–Trinajstić information content (AvgIpc) is 1.64. The zero-order valence-corrected chi connectivity index (χ0v) is 82.7. The fourth-order valence-corrected chi connectivity index (χ4v) is 16.5. The highest BCUT2D eigenvalue weighted by Crippen LogP contribution is 2.39. The fourth-order valence-electron chi connectivity index (χ4n) is 16.1. The molecule has 5 aromatic rings. The van der Waals surface area contributed by atoms with Crippen molar-refractivity contribution in [2.75, 3.05) is 157 Å². The molecule has 3 aliphatic rings. The summed E-state index contributed by atoms with van der Waals surface area (Å²) >= 11 is 2.23. The van der Waals surface area contributed by atoms with Crippen molar-refractivity contribution in [1.82, 2.24) is 107 Å². The molecular weight excluding hydrogens is 1990 g/mol. The van der Waals surface area contributed by atoms with Gasteiger partial charge in [-0.05, 0) is 147 Å². The van der Waals surface area contributed by atoms with Crippen molar-refractivity contribution in [3.63, 3.8) is 0 Å². The number of aromatic nitrogens is 6. The Morgan fingerprint density at radius 1 is 0.538 bits per heavy atom. The van der Waals surface area contributed by atoms with Crippen LogP contribution in [-0.4, -0.2) is 393 Å². The van der Waals surface area contributed by atoms with Crippen molar-refractivity contribution in [1.29, 1.82) is 0 Å². The number of piperazine rings is 1. The largest absolute Gasteiger partial charge is 0.508 e. The second kappa shape index (κ2) is 60.4. The number of phenols is 2. The molecule has 0 aliphatic carbocycles. The van der Waals surface area contributed by atoms with Crippen LogP contribution in [0.5, 0.6) is 11.5 Å². The van der Waals surface area contributed by atoms with Gasteiger partial charge in [-0.2, -0.15) is 0 Å². The van der Waals surface area contributed by atoms with E-state index in [-0.39, 0.29) is 208 Å². The quantitative estimate of drug-likeness (QED) is 0.0137. The van der Waals surface area contributed by atoms with Crippen LogP contribution >= 0.6 is 22.6 Å². The standard InChI is InChI=1S/C93H132IN21O28/c1-4-95-92(138)88-105-104-87(67-50-66(60(2)3)72(116)51-73(67)117)115(88)65-20-16-62(17-21-65)52-107-40-43-111(44-41-107)79(123)30-33-99-89(135)68(22-27-81(124)125)101-91(137)70(24-29-83(128)129)102-90(136)69(23-28-82(126)127)100-77(121)59-142-49-48-141-47-34-98-74(118)11-5-6-36-114-54-64(103-106-114)53-112(78(122)13-8-31-96-75(119)12-7-10-61-14-18-63(94)19-15-61)35-9-32-97-76(120)26-25-71(93(139)140)110-42-39-108(56-84(130)131)37-38-109(57-85(132)133)55-80-113(46-45-110)58-86(134)143-80/h14-21,50-51,54,60,68-71,80,116-117H,4-13,22-49,52-53,55-59H2,1-3H3,(H,95,138)(H,96,119)(H,97,120)(H,98,118)(H,99,135)(H,100,121)(H,101,137)(H,102,136)(H,124,125)(H,126,127)(H,128,129)(H,130,131)(H,132,133)(H,139,140)/t68-,69-,70-,71-,80?/m1/s1. The lowest BCUT2D eigenvalue weighted by molar-refractivity contribution is -0.145. The summed E-state index contributed by atoms with van der Waals surface area (Å²) in [6.07, 6.45) is 0.0387. The molecule has 784 valence electrons. The van der Waals surface area contributed by atoms with Crippen molar-refractivity contribution < 1.29 is 137 Å². The van der Waals surface area contributed by atoms with Gasteiger partial charge in [-0.15, -0.1) is 15.3 Å². The van der Waals surface area contributed by atoms with Gasteiger partial charge in [0.25, 0.3) is 5.91 Å². The minimum atomic E-state index is -1.73. The first-order valence-corrected chi connectivity index (χ1v) is 48.8. The Balaban J connectivity index is 0.734. The molecule has 3 aliphatic heterocycles. The molecule has 3 saturated heterocycles. The molecule has 143 heavy (non-hydrogen) atoms. The van der Waals surface area contributed by atoms with Crippen molar-refractivity contribution in [2.24, 2.45) is 0 Å². The number of nitrogens with zero attached hydrogens (tertiary/aromatic N) is 13. The highest BCUT2D eigenvalue weighted by atomic mass is 127. The zero-order valence-electron chi connectivity index (χ0n) is 80.6. The van der Waals surface area contributed by atoms with E-state index in [4.69, 9.17) is 14.2 Å². The maximum absolute atomic E-state index is 13.9. The number of hydrogen-bond acceptors (Lipinski definition) is 31. The monoisotopic (exact) mass is 2120 g/mol. The lowest BCUT2D eigenvalue weighted by atomic mass is 9.98. The van der Waals surface area contributed by atoms with Gasteiger partial charge in [0.1, 0.15) is 48.0 Å². The number of carboxylic acids is 6. The molecular formula is C93H132IN21O28. The van der Waals surface area contributed by atoms with Crippen molar-refractivity contribution >= 4 is 123 Å². The van der Waals surface area contributed by atoms with Gasteiger partial charge in [0, 0.05) is 184 Å². The summed E-state index contributed by atoms with van der Waals surface area (Å²) in [6, 6.07) is 12.0. The van der Waals surface area contributed by atoms with E-state index >= 15 is 0 Å². The van der Waals surface area contributed by atoms with E-state index in [0.29, 0.717) is 94.9 Å². The number of aryl methyl sites for hydroxylation is 2. The second-order valence-electron chi connectivity index (χ2n) is 35.1. The van der Waals surface area contributed by atoms with E-state index < -0.39 is 166 Å². The number of aromatic hydroxyl groups is 2. The third-order valence-electron chi connectivity index (χ3n) is 23.8. The average molecular weight is 2120 g/mol. The number of phenolic OH excluding ortho intramolecular Hbond substituents is 2. The molecule has 0 bridgehead atoms. The van der Waals surface area contributed by atoms with Gasteiger partial charge in [-0.3, -0.25) is 115 Å². The Morgan fingerprint density at radius 3 is 1.77 bits per heavy atom. The van der Waals surface area contributed by atoms with Crippen LogP contribution in [0.3, 0.4) is 0 Å². The van der Waals surface area contributed by atoms with Crippen LogP contribution in [0.2, 0.25) is 0 Å². The van der Waals surface area contributed by atoms with Gasteiger partial charge in [0.05, 0.1) is 64.3 Å². The van der Waals surface area contributed by atoms with Crippen LogP contribution in [0.4, 0.5) is 0 Å². The lowest BCUT2D eigenvalue weighted by Crippen LogP contribution is -2.57. The smallest absolute Gasteiger partial charge is 0.321 e. The molecule has 3 fully saturated rings.